The number of hydrogen-bond donors (Lipinski definition) is 3. The van der Waals surface area contributed by atoms with Crippen LogP contribution in [0.25, 0.3) is 0 Å². The Hall–Kier alpha value is -0.120. The first-order valence-corrected chi connectivity index (χ1v) is 5.08. The normalized spacial score (nSPS) is 39.8. The smallest absolute Gasteiger partial charge is 0.0459 e. The second-order valence-corrected chi connectivity index (χ2v) is 3.37. The molecule has 0 bridgehead atoms. The molecule has 1 saturated carbocycles. The van der Waals surface area contributed by atoms with Gasteiger partial charge < -0.3 is 16.4 Å². The summed E-state index contributed by atoms with van der Waals surface area (Å²) in [6, 6.07) is 1.80. The first-order chi connectivity index (χ1) is 5.86. The van der Waals surface area contributed by atoms with Gasteiger partial charge in [0.2, 0.25) is 0 Å². The van der Waals surface area contributed by atoms with E-state index in [9.17, 15) is 0 Å². The van der Waals surface area contributed by atoms with Crippen LogP contribution in [0.4, 0.5) is 0 Å². The summed E-state index contributed by atoms with van der Waals surface area (Å²) >= 11 is 0. The SMILES string of the molecule is CC.NC1CCC2NCNC2C1. The van der Waals surface area contributed by atoms with E-state index in [2.05, 4.69) is 10.6 Å². The Morgan fingerprint density at radius 1 is 1.08 bits per heavy atom. The minimum absolute atomic E-state index is 0.439. The van der Waals surface area contributed by atoms with Crippen molar-refractivity contribution in [3.8, 4) is 0 Å². The van der Waals surface area contributed by atoms with Crippen LogP contribution in [0.5, 0.6) is 0 Å². The van der Waals surface area contributed by atoms with Gasteiger partial charge in [-0.3, -0.25) is 0 Å². The minimum Gasteiger partial charge on any atom is -0.328 e. The van der Waals surface area contributed by atoms with Crippen molar-refractivity contribution < 1.29 is 0 Å². The molecule has 0 radical (unpaired) electrons. The predicted octanol–water partition coefficient (Wildman–Crippen LogP) is 0.411. The fourth-order valence-electron chi connectivity index (χ4n) is 1.99. The van der Waals surface area contributed by atoms with Crippen LogP contribution in [0.15, 0.2) is 0 Å². The van der Waals surface area contributed by atoms with Gasteiger partial charge in [0.15, 0.2) is 0 Å². The molecule has 1 saturated heterocycles. The largest absolute Gasteiger partial charge is 0.328 e. The third kappa shape index (κ3) is 2.19. The summed E-state index contributed by atoms with van der Waals surface area (Å²) in [5, 5.41) is 6.81. The second-order valence-electron chi connectivity index (χ2n) is 3.37. The maximum Gasteiger partial charge on any atom is 0.0459 e. The zero-order chi connectivity index (χ0) is 8.97. The van der Waals surface area contributed by atoms with E-state index in [1.807, 2.05) is 13.8 Å². The molecule has 0 aromatic carbocycles. The molecule has 3 unspecified atom stereocenters. The van der Waals surface area contributed by atoms with Crippen LogP contribution >= 0.6 is 0 Å². The summed E-state index contributed by atoms with van der Waals surface area (Å²) in [6.45, 7) is 4.97. The molecule has 1 aliphatic heterocycles. The highest BCUT2D eigenvalue weighted by atomic mass is 15.2. The molecule has 3 heteroatoms. The molecule has 1 heterocycles. The van der Waals surface area contributed by atoms with E-state index in [0.29, 0.717) is 18.1 Å². The molecule has 72 valence electrons. The Bertz CT molecular complexity index is 127. The van der Waals surface area contributed by atoms with Crippen LogP contribution in [0.2, 0.25) is 0 Å². The van der Waals surface area contributed by atoms with Crippen LogP contribution < -0.4 is 16.4 Å². The summed E-state index contributed by atoms with van der Waals surface area (Å²) < 4.78 is 0. The summed E-state index contributed by atoms with van der Waals surface area (Å²) in [6.07, 6.45) is 3.59. The molecule has 3 atom stereocenters. The molecule has 2 aliphatic rings. The predicted molar refractivity (Wildman–Crippen MR) is 51.9 cm³/mol. The maximum absolute atomic E-state index is 5.82. The highest BCUT2D eigenvalue weighted by molar-refractivity contribution is 4.94. The molecule has 3 nitrogen and oxygen atoms in total. The van der Waals surface area contributed by atoms with Gasteiger partial charge in [-0.25, -0.2) is 0 Å². The van der Waals surface area contributed by atoms with Crippen molar-refractivity contribution in [2.75, 3.05) is 6.67 Å². The number of hydrogen-bond acceptors (Lipinski definition) is 3. The summed E-state index contributed by atoms with van der Waals surface area (Å²) in [5.74, 6) is 0. The van der Waals surface area contributed by atoms with Gasteiger partial charge in [0.1, 0.15) is 0 Å². The molecular weight excluding hydrogens is 150 g/mol. The molecule has 2 fully saturated rings. The number of nitrogens with one attached hydrogen (secondary N) is 2. The van der Waals surface area contributed by atoms with Crippen LogP contribution in [0.3, 0.4) is 0 Å². The number of fused-ring (bicyclic) bond motifs is 1. The molecule has 0 aromatic rings. The van der Waals surface area contributed by atoms with Crippen LogP contribution in [0.1, 0.15) is 33.1 Å². The fraction of sp³-hybridized carbons (Fsp3) is 1.00. The lowest BCUT2D eigenvalue weighted by atomic mass is 9.88. The van der Waals surface area contributed by atoms with E-state index in [-0.39, 0.29) is 0 Å². The zero-order valence-electron chi connectivity index (χ0n) is 8.14. The summed E-state index contributed by atoms with van der Waals surface area (Å²) in [4.78, 5) is 0. The van der Waals surface area contributed by atoms with Gasteiger partial charge in [-0.1, -0.05) is 13.8 Å². The summed E-state index contributed by atoms with van der Waals surface area (Å²) in [7, 11) is 0. The van der Waals surface area contributed by atoms with Gasteiger partial charge in [-0.05, 0) is 19.3 Å². The molecular formula is C9H21N3. The third-order valence-corrected chi connectivity index (χ3v) is 2.62. The first kappa shape index (κ1) is 9.96. The Morgan fingerprint density at radius 3 is 2.50 bits per heavy atom. The second kappa shape index (κ2) is 4.80. The van der Waals surface area contributed by atoms with Crippen molar-refractivity contribution in [2.45, 2.75) is 51.2 Å². The van der Waals surface area contributed by atoms with Crippen molar-refractivity contribution in [3.63, 3.8) is 0 Å². The Balaban J connectivity index is 0.000000336. The van der Waals surface area contributed by atoms with Gasteiger partial charge >= 0.3 is 0 Å². The summed E-state index contributed by atoms with van der Waals surface area (Å²) in [5.41, 5.74) is 5.82. The van der Waals surface area contributed by atoms with Gasteiger partial charge in [0.25, 0.3) is 0 Å². The van der Waals surface area contributed by atoms with E-state index in [1.165, 1.54) is 12.8 Å². The Morgan fingerprint density at radius 2 is 1.75 bits per heavy atom. The highest BCUT2D eigenvalue weighted by Crippen LogP contribution is 2.19. The number of nitrogens with two attached hydrogens (primary N) is 1. The zero-order valence-corrected chi connectivity index (χ0v) is 8.14. The highest BCUT2D eigenvalue weighted by Gasteiger charge is 2.31. The monoisotopic (exact) mass is 171 g/mol. The molecule has 0 spiro atoms. The van der Waals surface area contributed by atoms with Crippen molar-refractivity contribution >= 4 is 0 Å². The standard InChI is InChI=1S/C7H15N3.C2H6/c8-5-1-2-6-7(3-5)10-4-9-6;1-2/h5-7,9-10H,1-4,8H2;1-2H3. The van der Waals surface area contributed by atoms with Crippen molar-refractivity contribution in [1.29, 1.82) is 0 Å². The van der Waals surface area contributed by atoms with Gasteiger partial charge in [-0.15, -0.1) is 0 Å². The Kier molecular flexibility index (Phi) is 3.98. The molecule has 1 aliphatic carbocycles. The van der Waals surface area contributed by atoms with Crippen molar-refractivity contribution in [3.05, 3.63) is 0 Å². The fourth-order valence-corrected chi connectivity index (χ4v) is 1.99. The first-order valence-electron chi connectivity index (χ1n) is 5.08. The van der Waals surface area contributed by atoms with Crippen molar-refractivity contribution in [2.24, 2.45) is 5.73 Å². The topological polar surface area (TPSA) is 50.1 Å². The van der Waals surface area contributed by atoms with E-state index >= 15 is 0 Å². The van der Waals surface area contributed by atoms with Gasteiger partial charge in [0.05, 0.1) is 0 Å². The maximum atomic E-state index is 5.82. The number of rotatable bonds is 0. The lowest BCUT2D eigenvalue weighted by Gasteiger charge is -2.28. The molecule has 0 aromatic heterocycles. The lowest BCUT2D eigenvalue weighted by Crippen LogP contribution is -2.44. The van der Waals surface area contributed by atoms with Crippen molar-refractivity contribution in [1.82, 2.24) is 10.6 Å². The average molecular weight is 171 g/mol. The third-order valence-electron chi connectivity index (χ3n) is 2.62. The molecule has 0 amide bonds. The van der Waals surface area contributed by atoms with Crippen LogP contribution in [-0.4, -0.2) is 24.8 Å². The van der Waals surface area contributed by atoms with Crippen LogP contribution in [0, 0.1) is 0 Å². The van der Waals surface area contributed by atoms with Gasteiger partial charge in [-0.2, -0.15) is 0 Å². The Labute approximate surface area is 75.1 Å². The van der Waals surface area contributed by atoms with Gasteiger partial charge in [0, 0.05) is 24.8 Å². The molecule has 4 N–H and O–H groups in total. The van der Waals surface area contributed by atoms with E-state index < -0.39 is 0 Å². The van der Waals surface area contributed by atoms with E-state index in [0.717, 1.165) is 13.1 Å². The van der Waals surface area contributed by atoms with E-state index in [1.54, 1.807) is 0 Å². The molecule has 12 heavy (non-hydrogen) atoms. The van der Waals surface area contributed by atoms with Crippen LogP contribution in [-0.2, 0) is 0 Å². The minimum atomic E-state index is 0.439. The lowest BCUT2D eigenvalue weighted by molar-refractivity contribution is 0.338. The van der Waals surface area contributed by atoms with E-state index in [4.69, 9.17) is 5.73 Å². The average Bonchev–Trinajstić information content (AvgIpc) is 2.54. The molecule has 2 rings (SSSR count). The quantitative estimate of drug-likeness (QED) is 0.495.